The molecule has 0 radical (unpaired) electrons. The number of benzene rings is 2. The Bertz CT molecular complexity index is 952. The first kappa shape index (κ1) is 23.9. The summed E-state index contributed by atoms with van der Waals surface area (Å²) in [6, 6.07) is 15.7. The van der Waals surface area contributed by atoms with Crippen LogP contribution >= 0.6 is 0 Å². The fourth-order valence-electron chi connectivity index (χ4n) is 4.67. The van der Waals surface area contributed by atoms with Gasteiger partial charge in [-0.2, -0.15) is 0 Å². The number of hydrogen-bond acceptors (Lipinski definition) is 6. The number of hydrogen-bond donors (Lipinski definition) is 1. The second-order valence-electron chi connectivity index (χ2n) is 8.69. The average molecular weight is 469 g/mol. The third kappa shape index (κ3) is 5.62. The molecule has 2 aliphatic heterocycles. The summed E-state index contributed by atoms with van der Waals surface area (Å²) in [5.74, 6) is 1.22. The summed E-state index contributed by atoms with van der Waals surface area (Å²) in [4.78, 5) is 29.4. The molecule has 2 amide bonds. The molecule has 8 heteroatoms. The lowest BCUT2D eigenvalue weighted by molar-refractivity contribution is -0.139. The molecule has 2 fully saturated rings. The van der Waals surface area contributed by atoms with E-state index in [9.17, 15) is 14.7 Å². The van der Waals surface area contributed by atoms with Crippen molar-refractivity contribution in [1.29, 1.82) is 0 Å². The Balaban J connectivity index is 1.33. The molecular formula is C26H32N2O6. The lowest BCUT2D eigenvalue weighted by Crippen LogP contribution is -2.52. The van der Waals surface area contributed by atoms with Gasteiger partial charge in [0.1, 0.15) is 36.9 Å². The smallest absolute Gasteiger partial charge is 0.410 e. The van der Waals surface area contributed by atoms with Crippen molar-refractivity contribution in [3.63, 3.8) is 0 Å². The van der Waals surface area contributed by atoms with E-state index < -0.39 is 18.2 Å². The summed E-state index contributed by atoms with van der Waals surface area (Å²) in [5.41, 5.74) is 0.900. The van der Waals surface area contributed by atoms with E-state index in [4.69, 9.17) is 14.2 Å². The summed E-state index contributed by atoms with van der Waals surface area (Å²) in [5, 5.41) is 10.8. The van der Waals surface area contributed by atoms with Crippen LogP contribution in [0.1, 0.15) is 31.2 Å². The first-order chi connectivity index (χ1) is 16.6. The van der Waals surface area contributed by atoms with Gasteiger partial charge in [0.15, 0.2) is 0 Å². The Morgan fingerprint density at radius 1 is 0.971 bits per heavy atom. The molecule has 34 heavy (non-hydrogen) atoms. The molecule has 0 bridgehead atoms. The van der Waals surface area contributed by atoms with Crippen molar-refractivity contribution >= 4 is 12.0 Å². The predicted molar refractivity (Wildman–Crippen MR) is 126 cm³/mol. The molecule has 182 valence electrons. The molecule has 3 atom stereocenters. The van der Waals surface area contributed by atoms with E-state index in [1.165, 1.54) is 4.90 Å². The number of nitrogens with zero attached hydrogens (tertiary/aromatic N) is 2. The molecule has 0 spiro atoms. The Morgan fingerprint density at radius 2 is 1.65 bits per heavy atom. The molecule has 2 saturated heterocycles. The largest absolute Gasteiger partial charge is 0.497 e. The van der Waals surface area contributed by atoms with Crippen molar-refractivity contribution in [3.05, 3.63) is 60.2 Å². The molecule has 0 aliphatic carbocycles. The number of amides is 2. The lowest BCUT2D eigenvalue weighted by Gasteiger charge is -2.33. The van der Waals surface area contributed by atoms with E-state index in [0.29, 0.717) is 31.7 Å². The Kier molecular flexibility index (Phi) is 7.90. The van der Waals surface area contributed by atoms with Gasteiger partial charge in [0.05, 0.1) is 13.2 Å². The maximum Gasteiger partial charge on any atom is 0.410 e. The highest BCUT2D eigenvalue weighted by molar-refractivity contribution is 5.86. The summed E-state index contributed by atoms with van der Waals surface area (Å²) in [6.45, 7) is 1.30. The lowest BCUT2D eigenvalue weighted by atomic mass is 10.1. The number of likely N-dealkylation sites (tertiary alicyclic amines) is 2. The molecule has 4 rings (SSSR count). The topological polar surface area (TPSA) is 88.5 Å². The Labute approximate surface area is 200 Å². The van der Waals surface area contributed by atoms with E-state index in [-0.39, 0.29) is 25.2 Å². The van der Waals surface area contributed by atoms with Crippen molar-refractivity contribution in [2.24, 2.45) is 0 Å². The Morgan fingerprint density at radius 3 is 2.38 bits per heavy atom. The van der Waals surface area contributed by atoms with E-state index in [1.54, 1.807) is 36.3 Å². The third-order valence-electron chi connectivity index (χ3n) is 6.48. The van der Waals surface area contributed by atoms with Crippen LogP contribution in [0.4, 0.5) is 4.79 Å². The summed E-state index contributed by atoms with van der Waals surface area (Å²) < 4.78 is 16.4. The van der Waals surface area contributed by atoms with Crippen molar-refractivity contribution in [2.75, 3.05) is 26.8 Å². The van der Waals surface area contributed by atoms with Gasteiger partial charge in [0.2, 0.25) is 5.91 Å². The minimum Gasteiger partial charge on any atom is -0.497 e. The van der Waals surface area contributed by atoms with Crippen LogP contribution in [0.2, 0.25) is 0 Å². The van der Waals surface area contributed by atoms with Crippen LogP contribution in [-0.2, 0) is 16.1 Å². The highest BCUT2D eigenvalue weighted by Gasteiger charge is 2.42. The molecular weight excluding hydrogens is 436 g/mol. The van der Waals surface area contributed by atoms with Gasteiger partial charge in [-0.15, -0.1) is 0 Å². The van der Waals surface area contributed by atoms with Crippen molar-refractivity contribution in [2.45, 2.75) is 50.5 Å². The van der Waals surface area contributed by atoms with E-state index in [0.717, 1.165) is 24.2 Å². The fraction of sp³-hybridized carbons (Fsp3) is 0.462. The zero-order valence-electron chi connectivity index (χ0n) is 19.5. The summed E-state index contributed by atoms with van der Waals surface area (Å²) >= 11 is 0. The molecule has 2 heterocycles. The van der Waals surface area contributed by atoms with Gasteiger partial charge in [-0.1, -0.05) is 30.3 Å². The van der Waals surface area contributed by atoms with Crippen LogP contribution < -0.4 is 9.47 Å². The second kappa shape index (κ2) is 11.2. The average Bonchev–Trinajstić information content (AvgIpc) is 3.57. The standard InChI is InChI=1S/C26H32N2O6/c1-32-20-11-13-21(14-12-20)33-18-24(29)22-9-5-15-27(22)25(30)23-10-6-16-28(23)26(31)34-17-19-7-3-2-4-8-19/h2-4,7-8,11-14,22-24,29H,5-6,9-10,15-18H2,1H3/t22-,23+,24?/m0/s1. The first-order valence-corrected chi connectivity index (χ1v) is 11.8. The molecule has 8 nitrogen and oxygen atoms in total. The van der Waals surface area contributed by atoms with Crippen molar-refractivity contribution in [3.8, 4) is 11.5 Å². The number of aliphatic hydroxyl groups excluding tert-OH is 1. The van der Waals surface area contributed by atoms with Crippen LogP contribution in [0.15, 0.2) is 54.6 Å². The number of rotatable bonds is 8. The molecule has 1 unspecified atom stereocenters. The second-order valence-corrected chi connectivity index (χ2v) is 8.69. The molecule has 2 aromatic carbocycles. The zero-order valence-corrected chi connectivity index (χ0v) is 19.5. The monoisotopic (exact) mass is 468 g/mol. The number of carbonyl (C=O) groups is 2. The maximum absolute atomic E-state index is 13.4. The van der Waals surface area contributed by atoms with Gasteiger partial charge in [0.25, 0.3) is 0 Å². The number of ether oxygens (including phenoxy) is 3. The van der Waals surface area contributed by atoms with Gasteiger partial charge in [0, 0.05) is 13.1 Å². The van der Waals surface area contributed by atoms with E-state index in [2.05, 4.69) is 0 Å². The highest BCUT2D eigenvalue weighted by Crippen LogP contribution is 2.27. The predicted octanol–water partition coefficient (Wildman–Crippen LogP) is 3.23. The van der Waals surface area contributed by atoms with Crippen LogP contribution in [-0.4, -0.2) is 71.9 Å². The van der Waals surface area contributed by atoms with Gasteiger partial charge in [-0.3, -0.25) is 9.69 Å². The number of aliphatic hydroxyl groups is 1. The minimum absolute atomic E-state index is 0.0777. The van der Waals surface area contributed by atoms with E-state index in [1.807, 2.05) is 30.3 Å². The van der Waals surface area contributed by atoms with Crippen molar-refractivity contribution in [1.82, 2.24) is 9.80 Å². The molecule has 0 saturated carbocycles. The number of carbonyl (C=O) groups excluding carboxylic acids is 2. The zero-order chi connectivity index (χ0) is 23.9. The molecule has 2 aliphatic rings. The summed E-state index contributed by atoms with van der Waals surface area (Å²) in [7, 11) is 1.60. The van der Waals surface area contributed by atoms with Crippen LogP contribution in [0.25, 0.3) is 0 Å². The quantitative estimate of drug-likeness (QED) is 0.640. The van der Waals surface area contributed by atoms with Crippen molar-refractivity contribution < 1.29 is 28.9 Å². The van der Waals surface area contributed by atoms with E-state index >= 15 is 0 Å². The van der Waals surface area contributed by atoms with Gasteiger partial charge < -0.3 is 24.2 Å². The fourth-order valence-corrected chi connectivity index (χ4v) is 4.67. The number of methoxy groups -OCH3 is 1. The molecule has 0 aromatic heterocycles. The molecule has 1 N–H and O–H groups in total. The van der Waals surface area contributed by atoms with Crippen LogP contribution in [0.3, 0.4) is 0 Å². The highest BCUT2D eigenvalue weighted by atomic mass is 16.6. The van der Waals surface area contributed by atoms with Crippen LogP contribution in [0, 0.1) is 0 Å². The SMILES string of the molecule is COc1ccc(OCC(O)[C@@H]2CCCN2C(=O)[C@H]2CCCN2C(=O)OCc2ccccc2)cc1. The normalized spacial score (nSPS) is 20.8. The third-order valence-corrected chi connectivity index (χ3v) is 6.48. The maximum atomic E-state index is 13.4. The Hall–Kier alpha value is -3.26. The van der Waals surface area contributed by atoms with Gasteiger partial charge in [-0.25, -0.2) is 4.79 Å². The van der Waals surface area contributed by atoms with Crippen LogP contribution in [0.5, 0.6) is 11.5 Å². The first-order valence-electron chi connectivity index (χ1n) is 11.8. The molecule has 2 aromatic rings. The van der Waals surface area contributed by atoms with Gasteiger partial charge in [-0.05, 0) is 55.5 Å². The minimum atomic E-state index is -0.826. The van der Waals surface area contributed by atoms with Gasteiger partial charge >= 0.3 is 6.09 Å². The summed E-state index contributed by atoms with van der Waals surface area (Å²) in [6.07, 6.45) is 1.55.